The zero-order chi connectivity index (χ0) is 23.9. The van der Waals surface area contributed by atoms with E-state index in [1.165, 1.54) is 0 Å². The lowest BCUT2D eigenvalue weighted by atomic mass is 10.1. The number of pyridine rings is 3. The van der Waals surface area contributed by atoms with Gasteiger partial charge in [-0.1, -0.05) is 30.3 Å². The maximum absolute atomic E-state index is 6.01. The SMILES string of the molecule is c1cc(-c2nnc(-c3nccc4ccccc34)o2)cc(-c2nnc(-c3nccc4cnccc34)o2)c1. The molecule has 0 aliphatic carbocycles. The molecular formula is C27H15N7O2. The fraction of sp³-hybridized carbons (Fsp3) is 0. The molecule has 0 bridgehead atoms. The zero-order valence-electron chi connectivity index (χ0n) is 18.6. The molecular weight excluding hydrogens is 454 g/mol. The summed E-state index contributed by atoms with van der Waals surface area (Å²) in [6.45, 7) is 0. The third-order valence-electron chi connectivity index (χ3n) is 5.85. The molecule has 0 radical (unpaired) electrons. The smallest absolute Gasteiger partial charge is 0.267 e. The van der Waals surface area contributed by atoms with Crippen LogP contribution in [0.4, 0.5) is 0 Å². The maximum Gasteiger partial charge on any atom is 0.267 e. The number of hydrogen-bond acceptors (Lipinski definition) is 9. The monoisotopic (exact) mass is 469 g/mol. The highest BCUT2D eigenvalue weighted by atomic mass is 16.4. The molecule has 0 aliphatic heterocycles. The molecule has 0 saturated carbocycles. The summed E-state index contributed by atoms with van der Waals surface area (Å²) in [5.41, 5.74) is 2.69. The van der Waals surface area contributed by atoms with Gasteiger partial charge >= 0.3 is 0 Å². The molecule has 2 aromatic carbocycles. The van der Waals surface area contributed by atoms with E-state index in [9.17, 15) is 0 Å². The van der Waals surface area contributed by atoms with Crippen LogP contribution in [0, 0.1) is 0 Å². The lowest BCUT2D eigenvalue weighted by molar-refractivity contribution is 0.581. The molecule has 5 heterocycles. The molecule has 9 nitrogen and oxygen atoms in total. The summed E-state index contributed by atoms with van der Waals surface area (Å²) in [7, 11) is 0. The van der Waals surface area contributed by atoms with Gasteiger partial charge in [0.1, 0.15) is 11.4 Å². The van der Waals surface area contributed by atoms with Gasteiger partial charge in [0.05, 0.1) is 0 Å². The summed E-state index contributed by atoms with van der Waals surface area (Å²) in [5.74, 6) is 1.40. The molecule has 0 N–H and O–H groups in total. The van der Waals surface area contributed by atoms with Gasteiger partial charge in [0.2, 0.25) is 11.8 Å². The minimum Gasteiger partial charge on any atom is -0.415 e. The summed E-state index contributed by atoms with van der Waals surface area (Å²) in [6.07, 6.45) is 6.91. The Balaban J connectivity index is 1.24. The first kappa shape index (κ1) is 20.1. The Morgan fingerprint density at radius 1 is 0.500 bits per heavy atom. The van der Waals surface area contributed by atoms with Crippen LogP contribution in [0.15, 0.2) is 100 Å². The second kappa shape index (κ2) is 8.17. The van der Waals surface area contributed by atoms with E-state index >= 15 is 0 Å². The summed E-state index contributed by atoms with van der Waals surface area (Å²) < 4.78 is 12.0. The van der Waals surface area contributed by atoms with Crippen LogP contribution in [-0.2, 0) is 0 Å². The molecule has 5 aromatic heterocycles. The van der Waals surface area contributed by atoms with Crippen molar-refractivity contribution in [3.05, 3.63) is 91.5 Å². The van der Waals surface area contributed by atoms with E-state index < -0.39 is 0 Å². The standard InChI is InChI=1S/C27H15N7O2/c1-2-7-20-16(4-1)8-12-29-22(20)26-33-31-24(35-26)17-5-3-6-18(14-17)25-32-34-27(36-25)23-21-10-11-28-15-19(21)9-13-30-23/h1-15H. The van der Waals surface area contributed by atoms with Crippen molar-refractivity contribution in [3.8, 4) is 46.1 Å². The van der Waals surface area contributed by atoms with E-state index in [1.807, 2.05) is 66.7 Å². The van der Waals surface area contributed by atoms with E-state index in [1.54, 1.807) is 24.8 Å². The fourth-order valence-electron chi connectivity index (χ4n) is 4.13. The topological polar surface area (TPSA) is 117 Å². The van der Waals surface area contributed by atoms with Gasteiger partial charge in [-0.2, -0.15) is 0 Å². The number of nitrogens with zero attached hydrogens (tertiary/aromatic N) is 7. The van der Waals surface area contributed by atoms with Crippen LogP contribution >= 0.6 is 0 Å². The third kappa shape index (κ3) is 3.38. The second-order valence-corrected chi connectivity index (χ2v) is 8.04. The van der Waals surface area contributed by atoms with E-state index in [0.29, 0.717) is 35.0 Å². The van der Waals surface area contributed by atoms with Gasteiger partial charge in [-0.25, -0.2) is 0 Å². The average molecular weight is 469 g/mol. The van der Waals surface area contributed by atoms with Crippen molar-refractivity contribution in [2.75, 3.05) is 0 Å². The Morgan fingerprint density at radius 3 is 1.83 bits per heavy atom. The van der Waals surface area contributed by atoms with Gasteiger partial charge < -0.3 is 8.83 Å². The highest BCUT2D eigenvalue weighted by Crippen LogP contribution is 2.31. The van der Waals surface area contributed by atoms with E-state index in [4.69, 9.17) is 8.83 Å². The number of fused-ring (bicyclic) bond motifs is 2. The van der Waals surface area contributed by atoms with Crippen molar-refractivity contribution >= 4 is 21.5 Å². The van der Waals surface area contributed by atoms with E-state index in [2.05, 4.69) is 35.3 Å². The number of benzene rings is 2. The second-order valence-electron chi connectivity index (χ2n) is 8.04. The van der Waals surface area contributed by atoms with Gasteiger partial charge in [-0.15, -0.1) is 20.4 Å². The number of rotatable bonds is 4. The lowest BCUT2D eigenvalue weighted by Gasteiger charge is -2.01. The highest BCUT2D eigenvalue weighted by molar-refractivity contribution is 5.93. The van der Waals surface area contributed by atoms with Gasteiger partial charge in [0.25, 0.3) is 11.8 Å². The van der Waals surface area contributed by atoms with Crippen LogP contribution < -0.4 is 0 Å². The van der Waals surface area contributed by atoms with E-state index in [0.717, 1.165) is 32.7 Å². The fourth-order valence-corrected chi connectivity index (χ4v) is 4.13. The van der Waals surface area contributed by atoms with Crippen molar-refractivity contribution in [2.24, 2.45) is 0 Å². The molecule has 0 atom stereocenters. The largest absolute Gasteiger partial charge is 0.415 e. The summed E-state index contributed by atoms with van der Waals surface area (Å²) in [6, 6.07) is 21.1. The van der Waals surface area contributed by atoms with Crippen LogP contribution in [0.5, 0.6) is 0 Å². The van der Waals surface area contributed by atoms with Crippen molar-refractivity contribution < 1.29 is 8.83 Å². The molecule has 0 fully saturated rings. The Morgan fingerprint density at radius 2 is 1.11 bits per heavy atom. The Kier molecular flexibility index (Phi) is 4.56. The predicted molar refractivity (Wildman–Crippen MR) is 132 cm³/mol. The number of hydrogen-bond donors (Lipinski definition) is 0. The van der Waals surface area contributed by atoms with Gasteiger partial charge in [-0.3, -0.25) is 15.0 Å². The van der Waals surface area contributed by atoms with Crippen LogP contribution in [0.1, 0.15) is 0 Å². The van der Waals surface area contributed by atoms with Crippen LogP contribution in [0.3, 0.4) is 0 Å². The Hall–Kier alpha value is -5.31. The molecule has 0 aliphatic rings. The third-order valence-corrected chi connectivity index (χ3v) is 5.85. The first-order valence-electron chi connectivity index (χ1n) is 11.1. The molecule has 0 unspecified atom stereocenters. The Labute approximate surface area is 203 Å². The lowest BCUT2D eigenvalue weighted by Crippen LogP contribution is -1.86. The molecule has 0 spiro atoms. The highest BCUT2D eigenvalue weighted by Gasteiger charge is 2.17. The van der Waals surface area contributed by atoms with Crippen molar-refractivity contribution in [1.29, 1.82) is 0 Å². The summed E-state index contributed by atoms with van der Waals surface area (Å²) in [4.78, 5) is 13.1. The van der Waals surface area contributed by atoms with Gasteiger partial charge in [-0.05, 0) is 41.8 Å². The average Bonchev–Trinajstić information content (AvgIpc) is 3.63. The normalized spacial score (nSPS) is 11.3. The minimum atomic E-state index is 0.328. The van der Waals surface area contributed by atoms with Crippen molar-refractivity contribution in [1.82, 2.24) is 35.3 Å². The Bertz CT molecular complexity index is 1730. The van der Waals surface area contributed by atoms with Crippen molar-refractivity contribution in [3.63, 3.8) is 0 Å². The molecule has 7 rings (SSSR count). The van der Waals surface area contributed by atoms with Crippen LogP contribution in [0.2, 0.25) is 0 Å². The first-order valence-corrected chi connectivity index (χ1v) is 11.1. The molecule has 0 saturated heterocycles. The van der Waals surface area contributed by atoms with E-state index in [-0.39, 0.29) is 0 Å². The molecule has 7 aromatic rings. The molecule has 36 heavy (non-hydrogen) atoms. The quantitative estimate of drug-likeness (QED) is 0.324. The van der Waals surface area contributed by atoms with Gasteiger partial charge in [0, 0.05) is 52.1 Å². The minimum absolute atomic E-state index is 0.328. The molecule has 9 heteroatoms. The number of aromatic nitrogens is 7. The van der Waals surface area contributed by atoms with Crippen molar-refractivity contribution in [2.45, 2.75) is 0 Å². The molecule has 170 valence electrons. The van der Waals surface area contributed by atoms with Gasteiger partial charge in [0.15, 0.2) is 0 Å². The maximum atomic E-state index is 6.01. The summed E-state index contributed by atoms with van der Waals surface area (Å²) >= 11 is 0. The van der Waals surface area contributed by atoms with Crippen LogP contribution in [0.25, 0.3) is 67.6 Å². The van der Waals surface area contributed by atoms with Crippen LogP contribution in [-0.4, -0.2) is 35.3 Å². The molecule has 0 amide bonds. The summed E-state index contributed by atoms with van der Waals surface area (Å²) in [5, 5.41) is 20.8. The predicted octanol–water partition coefficient (Wildman–Crippen LogP) is 5.61. The first-order chi connectivity index (χ1) is 17.8. The zero-order valence-corrected chi connectivity index (χ0v) is 18.6.